The Hall–Kier alpha value is -5.66. The Morgan fingerprint density at radius 2 is 1.15 bits per heavy atom. The lowest BCUT2D eigenvalue weighted by Gasteiger charge is -2.15. The van der Waals surface area contributed by atoms with E-state index in [4.69, 9.17) is 0 Å². The number of aromatic nitrogens is 3. The van der Waals surface area contributed by atoms with E-state index in [-0.39, 0.29) is 0 Å². The summed E-state index contributed by atoms with van der Waals surface area (Å²) in [5, 5.41) is 15.0. The standard InChI is InChI=1S/C37H24N4/c1-24-20-31(25-16-18-39-19-17-25)26(23-38)21-37(24)41-35-13-7-4-10-30(35)32-22-27(14-15-36(32)41)40-33-11-5-2-8-28(33)29-9-3-6-12-34(29)40/h2-22H,1H3. The van der Waals surface area contributed by atoms with Crippen molar-refractivity contribution in [3.05, 3.63) is 139 Å². The molecule has 41 heavy (non-hydrogen) atoms. The van der Waals surface area contributed by atoms with Gasteiger partial charge in [-0.15, -0.1) is 0 Å². The topological polar surface area (TPSA) is 46.5 Å². The van der Waals surface area contributed by atoms with E-state index < -0.39 is 0 Å². The number of nitriles is 1. The summed E-state index contributed by atoms with van der Waals surface area (Å²) < 4.78 is 4.66. The molecule has 0 aliphatic heterocycles. The van der Waals surface area contributed by atoms with Crippen LogP contribution in [0.2, 0.25) is 0 Å². The van der Waals surface area contributed by atoms with Crippen LogP contribution in [0.1, 0.15) is 11.1 Å². The normalized spacial score (nSPS) is 11.5. The monoisotopic (exact) mass is 524 g/mol. The Balaban J connectivity index is 1.40. The number of nitrogens with zero attached hydrogens (tertiary/aromatic N) is 4. The summed E-state index contributed by atoms with van der Waals surface area (Å²) in [6, 6.07) is 43.0. The first-order valence-corrected chi connectivity index (χ1v) is 13.7. The minimum atomic E-state index is 0.643. The van der Waals surface area contributed by atoms with Crippen LogP contribution in [0.3, 0.4) is 0 Å². The van der Waals surface area contributed by atoms with Gasteiger partial charge in [-0.25, -0.2) is 0 Å². The van der Waals surface area contributed by atoms with Gasteiger partial charge in [-0.2, -0.15) is 5.26 Å². The molecule has 0 fully saturated rings. The SMILES string of the molecule is Cc1cc(-c2ccncc2)c(C#N)cc1-n1c2ccccc2c2cc(-n3c4ccccc4c4ccccc43)ccc21. The molecule has 8 aromatic rings. The third kappa shape index (κ3) is 3.43. The largest absolute Gasteiger partial charge is 0.309 e. The van der Waals surface area contributed by atoms with Gasteiger partial charge < -0.3 is 9.13 Å². The Labute approximate surface area is 237 Å². The predicted molar refractivity (Wildman–Crippen MR) is 168 cm³/mol. The van der Waals surface area contributed by atoms with Gasteiger partial charge in [0.05, 0.1) is 39.4 Å². The van der Waals surface area contributed by atoms with Crippen molar-refractivity contribution < 1.29 is 0 Å². The fourth-order valence-electron chi connectivity index (χ4n) is 6.36. The van der Waals surface area contributed by atoms with Crippen LogP contribution in [0.5, 0.6) is 0 Å². The number of para-hydroxylation sites is 3. The van der Waals surface area contributed by atoms with Gasteiger partial charge in [0, 0.05) is 39.6 Å². The molecule has 5 aromatic carbocycles. The van der Waals surface area contributed by atoms with Crippen molar-refractivity contribution >= 4 is 43.6 Å². The molecule has 4 nitrogen and oxygen atoms in total. The fourth-order valence-corrected chi connectivity index (χ4v) is 6.36. The highest BCUT2D eigenvalue weighted by molar-refractivity contribution is 6.12. The van der Waals surface area contributed by atoms with Crippen molar-refractivity contribution in [2.75, 3.05) is 0 Å². The predicted octanol–water partition coefficient (Wildman–Crippen LogP) is 9.12. The van der Waals surface area contributed by atoms with E-state index in [1.165, 1.54) is 32.6 Å². The van der Waals surface area contributed by atoms with Crippen molar-refractivity contribution in [3.63, 3.8) is 0 Å². The van der Waals surface area contributed by atoms with Crippen LogP contribution in [-0.4, -0.2) is 14.1 Å². The van der Waals surface area contributed by atoms with E-state index in [9.17, 15) is 5.26 Å². The third-order valence-electron chi connectivity index (χ3n) is 8.18. The molecule has 0 spiro atoms. The molecule has 192 valence electrons. The summed E-state index contributed by atoms with van der Waals surface area (Å²) in [6.45, 7) is 2.12. The molecule has 3 aromatic heterocycles. The Bertz CT molecular complexity index is 2280. The van der Waals surface area contributed by atoms with E-state index in [2.05, 4.69) is 124 Å². The highest BCUT2D eigenvalue weighted by Crippen LogP contribution is 2.38. The van der Waals surface area contributed by atoms with Gasteiger partial charge in [-0.3, -0.25) is 4.98 Å². The van der Waals surface area contributed by atoms with Crippen molar-refractivity contribution in [1.29, 1.82) is 5.26 Å². The second-order valence-electron chi connectivity index (χ2n) is 10.5. The van der Waals surface area contributed by atoms with Gasteiger partial charge in [-0.1, -0.05) is 54.6 Å². The van der Waals surface area contributed by atoms with Crippen LogP contribution in [0, 0.1) is 18.3 Å². The van der Waals surface area contributed by atoms with Crippen molar-refractivity contribution in [2.24, 2.45) is 0 Å². The molecule has 0 saturated heterocycles. The molecule has 0 aliphatic rings. The molecule has 0 amide bonds. The number of benzene rings is 5. The highest BCUT2D eigenvalue weighted by atomic mass is 15.0. The van der Waals surface area contributed by atoms with E-state index >= 15 is 0 Å². The number of pyridine rings is 1. The van der Waals surface area contributed by atoms with Crippen LogP contribution in [0.4, 0.5) is 0 Å². The molecule has 4 heteroatoms. The maximum absolute atomic E-state index is 10.2. The lowest BCUT2D eigenvalue weighted by Crippen LogP contribution is -2.00. The zero-order chi connectivity index (χ0) is 27.5. The molecule has 0 saturated carbocycles. The van der Waals surface area contributed by atoms with E-state index in [1.54, 1.807) is 12.4 Å². The number of rotatable bonds is 3. The van der Waals surface area contributed by atoms with Gasteiger partial charge in [0.1, 0.15) is 0 Å². The first-order chi connectivity index (χ1) is 20.2. The molecule has 3 heterocycles. The molecular weight excluding hydrogens is 500 g/mol. The van der Waals surface area contributed by atoms with Crippen LogP contribution in [0.25, 0.3) is 66.1 Å². The van der Waals surface area contributed by atoms with Crippen molar-refractivity contribution in [3.8, 4) is 28.6 Å². The summed E-state index contributed by atoms with van der Waals surface area (Å²) in [5.41, 5.74) is 10.4. The summed E-state index contributed by atoms with van der Waals surface area (Å²) >= 11 is 0. The summed E-state index contributed by atoms with van der Waals surface area (Å²) in [6.07, 6.45) is 3.53. The Morgan fingerprint density at radius 1 is 0.585 bits per heavy atom. The number of hydrogen-bond acceptors (Lipinski definition) is 2. The molecular formula is C37H24N4. The van der Waals surface area contributed by atoms with E-state index in [0.29, 0.717) is 5.56 Å². The smallest absolute Gasteiger partial charge is 0.0998 e. The lowest BCUT2D eigenvalue weighted by molar-refractivity contribution is 1.14. The van der Waals surface area contributed by atoms with Crippen LogP contribution in [-0.2, 0) is 0 Å². The van der Waals surface area contributed by atoms with Crippen LogP contribution >= 0.6 is 0 Å². The van der Waals surface area contributed by atoms with Gasteiger partial charge in [0.15, 0.2) is 0 Å². The van der Waals surface area contributed by atoms with Crippen molar-refractivity contribution in [1.82, 2.24) is 14.1 Å². The minimum absolute atomic E-state index is 0.643. The molecule has 0 aliphatic carbocycles. The molecule has 0 bridgehead atoms. The number of aryl methyl sites for hydroxylation is 1. The maximum Gasteiger partial charge on any atom is 0.0998 e. The van der Waals surface area contributed by atoms with Gasteiger partial charge >= 0.3 is 0 Å². The minimum Gasteiger partial charge on any atom is -0.309 e. The van der Waals surface area contributed by atoms with Gasteiger partial charge in [0.2, 0.25) is 0 Å². The average molecular weight is 525 g/mol. The zero-order valence-electron chi connectivity index (χ0n) is 22.4. The third-order valence-corrected chi connectivity index (χ3v) is 8.18. The summed E-state index contributed by atoms with van der Waals surface area (Å²) in [5.74, 6) is 0. The Morgan fingerprint density at radius 3 is 1.78 bits per heavy atom. The second kappa shape index (κ2) is 8.94. The molecule has 8 rings (SSSR count). The molecule has 0 radical (unpaired) electrons. The second-order valence-corrected chi connectivity index (χ2v) is 10.5. The number of hydrogen-bond donors (Lipinski definition) is 0. The Kier molecular flexibility index (Phi) is 5.07. The van der Waals surface area contributed by atoms with Crippen molar-refractivity contribution in [2.45, 2.75) is 6.92 Å². The quantitative estimate of drug-likeness (QED) is 0.231. The molecule has 0 unspecified atom stereocenters. The first kappa shape index (κ1) is 23.2. The zero-order valence-corrected chi connectivity index (χ0v) is 22.4. The van der Waals surface area contributed by atoms with E-state index in [1.807, 2.05) is 18.2 Å². The van der Waals surface area contributed by atoms with Crippen LogP contribution < -0.4 is 0 Å². The highest BCUT2D eigenvalue weighted by Gasteiger charge is 2.18. The summed E-state index contributed by atoms with van der Waals surface area (Å²) in [7, 11) is 0. The van der Waals surface area contributed by atoms with E-state index in [0.717, 1.165) is 39.1 Å². The molecule has 0 N–H and O–H groups in total. The lowest BCUT2D eigenvalue weighted by atomic mass is 9.97. The van der Waals surface area contributed by atoms with Gasteiger partial charge in [0.25, 0.3) is 0 Å². The maximum atomic E-state index is 10.2. The summed E-state index contributed by atoms with van der Waals surface area (Å²) in [4.78, 5) is 4.15. The van der Waals surface area contributed by atoms with Crippen LogP contribution in [0.15, 0.2) is 128 Å². The number of fused-ring (bicyclic) bond motifs is 6. The van der Waals surface area contributed by atoms with Gasteiger partial charge in [-0.05, 0) is 84.3 Å². The fraction of sp³-hybridized carbons (Fsp3) is 0.0270. The first-order valence-electron chi connectivity index (χ1n) is 13.7. The average Bonchev–Trinajstić information content (AvgIpc) is 3.54. The molecule has 0 atom stereocenters.